The van der Waals surface area contributed by atoms with Crippen molar-refractivity contribution in [2.45, 2.75) is 58.3 Å². The molecule has 1 heterocycles. The first-order valence-electron chi connectivity index (χ1n) is 7.94. The summed E-state index contributed by atoms with van der Waals surface area (Å²) < 4.78 is 0. The van der Waals surface area contributed by atoms with E-state index in [1.54, 1.807) is 4.90 Å². The van der Waals surface area contributed by atoms with Crippen molar-refractivity contribution in [3.05, 3.63) is 0 Å². The van der Waals surface area contributed by atoms with Gasteiger partial charge in [0.1, 0.15) is 5.71 Å². The van der Waals surface area contributed by atoms with Crippen LogP contribution in [0.2, 0.25) is 0 Å². The molecule has 0 unspecified atom stereocenters. The molecule has 6 nitrogen and oxygen atoms in total. The molecule has 0 bridgehead atoms. The summed E-state index contributed by atoms with van der Waals surface area (Å²) in [6, 6.07) is 0. The first kappa shape index (κ1) is 17.6. The number of aliphatic hydroxyl groups excluding tert-OH is 1. The van der Waals surface area contributed by atoms with E-state index < -0.39 is 0 Å². The van der Waals surface area contributed by atoms with Gasteiger partial charge in [0.2, 0.25) is 5.91 Å². The van der Waals surface area contributed by atoms with E-state index in [1.165, 1.54) is 19.3 Å². The molecule has 0 spiro atoms. The lowest BCUT2D eigenvalue weighted by molar-refractivity contribution is -0.124. The Kier molecular flexibility index (Phi) is 8.66. The molecule has 0 atom stereocenters. The van der Waals surface area contributed by atoms with E-state index in [-0.39, 0.29) is 18.4 Å². The fourth-order valence-corrected chi connectivity index (χ4v) is 2.29. The zero-order valence-corrected chi connectivity index (χ0v) is 12.9. The number of amides is 2. The Morgan fingerprint density at radius 2 is 1.90 bits per heavy atom. The minimum absolute atomic E-state index is 0.0722. The normalized spacial score (nSPS) is 14.6. The third-order valence-electron chi connectivity index (χ3n) is 3.56. The number of aliphatic hydroxyl groups is 1. The molecule has 0 saturated heterocycles. The highest BCUT2D eigenvalue weighted by molar-refractivity contribution is 6.39. The fourth-order valence-electron chi connectivity index (χ4n) is 2.29. The number of hydrogen-bond donors (Lipinski definition) is 2. The Morgan fingerprint density at radius 3 is 2.52 bits per heavy atom. The van der Waals surface area contributed by atoms with Gasteiger partial charge in [-0.25, -0.2) is 5.43 Å². The maximum absolute atomic E-state index is 12.4. The van der Waals surface area contributed by atoms with Crippen molar-refractivity contribution in [2.24, 2.45) is 5.10 Å². The quantitative estimate of drug-likeness (QED) is 0.599. The maximum atomic E-state index is 12.4. The van der Waals surface area contributed by atoms with Gasteiger partial charge in [0.15, 0.2) is 0 Å². The van der Waals surface area contributed by atoms with E-state index in [9.17, 15) is 9.59 Å². The van der Waals surface area contributed by atoms with E-state index >= 15 is 0 Å². The lowest BCUT2D eigenvalue weighted by Crippen LogP contribution is -2.41. The molecule has 6 heteroatoms. The van der Waals surface area contributed by atoms with Crippen molar-refractivity contribution >= 4 is 17.5 Å². The molecular formula is C15H27N3O3. The van der Waals surface area contributed by atoms with Crippen LogP contribution in [0.5, 0.6) is 0 Å². The van der Waals surface area contributed by atoms with Crippen LogP contribution < -0.4 is 5.43 Å². The highest BCUT2D eigenvalue weighted by Crippen LogP contribution is 2.08. The topological polar surface area (TPSA) is 82.0 Å². The lowest BCUT2D eigenvalue weighted by Gasteiger charge is -2.24. The Labute approximate surface area is 126 Å². The molecule has 21 heavy (non-hydrogen) atoms. The van der Waals surface area contributed by atoms with Gasteiger partial charge in [-0.05, 0) is 12.8 Å². The van der Waals surface area contributed by atoms with Crippen molar-refractivity contribution in [1.82, 2.24) is 10.3 Å². The van der Waals surface area contributed by atoms with E-state index in [2.05, 4.69) is 17.5 Å². The summed E-state index contributed by atoms with van der Waals surface area (Å²) in [6.07, 6.45) is 6.98. The summed E-state index contributed by atoms with van der Waals surface area (Å²) in [4.78, 5) is 25.2. The molecule has 0 aromatic rings. The van der Waals surface area contributed by atoms with Crippen LogP contribution in [-0.4, -0.2) is 47.2 Å². The first-order valence-corrected chi connectivity index (χ1v) is 7.94. The van der Waals surface area contributed by atoms with Gasteiger partial charge in [0, 0.05) is 32.5 Å². The predicted molar refractivity (Wildman–Crippen MR) is 81.9 cm³/mol. The number of carbonyl (C=O) groups is 2. The lowest BCUT2D eigenvalue weighted by atomic mass is 10.1. The average Bonchev–Trinajstić information content (AvgIpc) is 2.50. The van der Waals surface area contributed by atoms with Gasteiger partial charge in [-0.3, -0.25) is 9.59 Å². The molecule has 2 amide bonds. The molecule has 120 valence electrons. The highest BCUT2D eigenvalue weighted by atomic mass is 16.3. The zero-order chi connectivity index (χ0) is 15.5. The predicted octanol–water partition coefficient (Wildman–Crippen LogP) is 1.43. The first-order chi connectivity index (χ1) is 10.2. The minimum atomic E-state index is -0.145. The number of hydrazone groups is 1. The van der Waals surface area contributed by atoms with Crippen LogP contribution in [0.4, 0.5) is 0 Å². The monoisotopic (exact) mass is 297 g/mol. The molecule has 0 aromatic heterocycles. The third-order valence-corrected chi connectivity index (χ3v) is 3.56. The molecule has 1 aliphatic rings. The highest BCUT2D eigenvalue weighted by Gasteiger charge is 2.22. The zero-order valence-electron chi connectivity index (χ0n) is 12.9. The summed E-state index contributed by atoms with van der Waals surface area (Å²) in [5, 5.41) is 12.8. The molecule has 0 aromatic carbocycles. The molecule has 0 aliphatic carbocycles. The van der Waals surface area contributed by atoms with Gasteiger partial charge in [0.05, 0.1) is 0 Å². The molecule has 0 radical (unpaired) electrons. The van der Waals surface area contributed by atoms with Gasteiger partial charge >= 0.3 is 0 Å². The summed E-state index contributed by atoms with van der Waals surface area (Å²) in [6.45, 7) is 3.47. The van der Waals surface area contributed by atoms with Crippen LogP contribution in [0.15, 0.2) is 5.10 Å². The maximum Gasteiger partial charge on any atom is 0.270 e. The Balaban J connectivity index is 2.47. The third kappa shape index (κ3) is 6.71. The summed E-state index contributed by atoms with van der Waals surface area (Å²) >= 11 is 0. The molecular weight excluding hydrogens is 270 g/mol. The van der Waals surface area contributed by atoms with Crippen molar-refractivity contribution in [2.75, 3.05) is 19.7 Å². The summed E-state index contributed by atoms with van der Waals surface area (Å²) in [5.41, 5.74) is 2.78. The average molecular weight is 297 g/mol. The molecule has 2 N–H and O–H groups in total. The van der Waals surface area contributed by atoms with Crippen LogP contribution in [0.25, 0.3) is 0 Å². The number of nitrogens with zero attached hydrogens (tertiary/aromatic N) is 2. The van der Waals surface area contributed by atoms with Gasteiger partial charge < -0.3 is 10.0 Å². The van der Waals surface area contributed by atoms with E-state index in [1.807, 2.05) is 0 Å². The second-order valence-corrected chi connectivity index (χ2v) is 5.38. The smallest absolute Gasteiger partial charge is 0.270 e. The fraction of sp³-hybridized carbons (Fsp3) is 0.800. The molecule has 1 rings (SSSR count). The Morgan fingerprint density at radius 1 is 1.19 bits per heavy atom. The number of hydrogen-bond acceptors (Lipinski definition) is 4. The minimum Gasteiger partial charge on any atom is -0.396 e. The summed E-state index contributed by atoms with van der Waals surface area (Å²) in [7, 11) is 0. The van der Waals surface area contributed by atoms with Gasteiger partial charge in [-0.1, -0.05) is 32.6 Å². The van der Waals surface area contributed by atoms with Crippen molar-refractivity contribution in [3.63, 3.8) is 0 Å². The van der Waals surface area contributed by atoms with E-state index in [4.69, 9.17) is 5.11 Å². The van der Waals surface area contributed by atoms with Crippen LogP contribution in [-0.2, 0) is 9.59 Å². The van der Waals surface area contributed by atoms with Crippen LogP contribution in [0, 0.1) is 0 Å². The SMILES string of the molecule is CCCCCCCN(CCCO)C(=O)C1=NNC(=O)CC1. The van der Waals surface area contributed by atoms with Gasteiger partial charge in [-0.15, -0.1) is 0 Å². The van der Waals surface area contributed by atoms with Crippen LogP contribution in [0.1, 0.15) is 58.3 Å². The Hall–Kier alpha value is -1.43. The number of nitrogens with one attached hydrogen (secondary N) is 1. The molecule has 0 saturated carbocycles. The van der Waals surface area contributed by atoms with Crippen LogP contribution >= 0.6 is 0 Å². The van der Waals surface area contributed by atoms with Gasteiger partial charge in [0.25, 0.3) is 5.91 Å². The molecule has 0 fully saturated rings. The standard InChI is InChI=1S/C15H27N3O3/c1-2-3-4-5-6-10-18(11-7-12-19)15(21)13-8-9-14(20)17-16-13/h19H,2-12H2,1H3,(H,17,20). The van der Waals surface area contributed by atoms with Crippen molar-refractivity contribution < 1.29 is 14.7 Å². The van der Waals surface area contributed by atoms with E-state index in [0.717, 1.165) is 12.8 Å². The molecule has 1 aliphatic heterocycles. The van der Waals surface area contributed by atoms with E-state index in [0.29, 0.717) is 38.1 Å². The second-order valence-electron chi connectivity index (χ2n) is 5.38. The van der Waals surface area contributed by atoms with Crippen molar-refractivity contribution in [1.29, 1.82) is 0 Å². The van der Waals surface area contributed by atoms with Crippen LogP contribution in [0.3, 0.4) is 0 Å². The largest absolute Gasteiger partial charge is 0.396 e. The number of rotatable bonds is 10. The number of carbonyl (C=O) groups excluding carboxylic acids is 2. The van der Waals surface area contributed by atoms with Crippen molar-refractivity contribution in [3.8, 4) is 0 Å². The number of unbranched alkanes of at least 4 members (excludes halogenated alkanes) is 4. The second kappa shape index (κ2) is 10.3. The summed E-state index contributed by atoms with van der Waals surface area (Å²) in [5.74, 6) is -0.257. The Bertz CT molecular complexity index is 369. The van der Waals surface area contributed by atoms with Gasteiger partial charge in [-0.2, -0.15) is 5.10 Å².